The number of carboxylic acids is 1. The summed E-state index contributed by atoms with van der Waals surface area (Å²) in [4.78, 5) is 28.7. The van der Waals surface area contributed by atoms with Gasteiger partial charge in [-0.05, 0) is 31.9 Å². The van der Waals surface area contributed by atoms with E-state index in [4.69, 9.17) is 10.8 Å². The van der Waals surface area contributed by atoms with Gasteiger partial charge in [-0.25, -0.2) is 4.98 Å². The van der Waals surface area contributed by atoms with Gasteiger partial charge in [0, 0.05) is 13.1 Å². The van der Waals surface area contributed by atoms with Crippen LogP contribution in [0.4, 0.5) is 11.5 Å². The smallest absolute Gasteiger partial charge is 0.308 e. The van der Waals surface area contributed by atoms with Crippen molar-refractivity contribution in [2.75, 3.05) is 23.3 Å². The molecule has 0 saturated carbocycles. The Kier molecular flexibility index (Phi) is 4.74. The Morgan fingerprint density at radius 2 is 2.29 bits per heavy atom. The molecule has 0 spiro atoms. The van der Waals surface area contributed by atoms with Crippen molar-refractivity contribution in [1.82, 2.24) is 4.98 Å². The second-order valence-electron chi connectivity index (χ2n) is 5.30. The highest BCUT2D eigenvalue weighted by atomic mass is 16.4. The molecule has 2 heterocycles. The van der Waals surface area contributed by atoms with Crippen molar-refractivity contribution in [3.63, 3.8) is 0 Å². The molecule has 1 aliphatic heterocycles. The molecule has 2 atom stereocenters. The summed E-state index contributed by atoms with van der Waals surface area (Å²) in [6.45, 7) is 2.91. The number of piperidine rings is 1. The van der Waals surface area contributed by atoms with Crippen molar-refractivity contribution >= 4 is 23.4 Å². The highest BCUT2D eigenvalue weighted by Gasteiger charge is 2.25. The monoisotopic (exact) mass is 292 g/mol. The van der Waals surface area contributed by atoms with E-state index in [-0.39, 0.29) is 11.8 Å². The number of carbonyl (C=O) groups is 2. The van der Waals surface area contributed by atoms with Crippen molar-refractivity contribution in [2.45, 2.75) is 25.8 Å². The molecular formula is C14H20N4O3. The molecule has 4 N–H and O–H groups in total. The third kappa shape index (κ3) is 3.91. The molecule has 2 unspecified atom stereocenters. The SMILES string of the molecule is CC(N)C(=O)Nc1ccc(N2CCCC(C(=O)O)C2)cn1. The van der Waals surface area contributed by atoms with E-state index in [1.807, 2.05) is 11.0 Å². The third-order valence-corrected chi connectivity index (χ3v) is 3.55. The van der Waals surface area contributed by atoms with E-state index in [2.05, 4.69) is 10.3 Å². The average molecular weight is 292 g/mol. The molecule has 0 aliphatic carbocycles. The van der Waals surface area contributed by atoms with Crippen molar-refractivity contribution in [1.29, 1.82) is 0 Å². The number of nitrogens with zero attached hydrogens (tertiary/aromatic N) is 2. The number of aromatic nitrogens is 1. The minimum Gasteiger partial charge on any atom is -0.481 e. The lowest BCUT2D eigenvalue weighted by molar-refractivity contribution is -0.142. The lowest BCUT2D eigenvalue weighted by Gasteiger charge is -2.32. The highest BCUT2D eigenvalue weighted by molar-refractivity contribution is 5.93. The van der Waals surface area contributed by atoms with Gasteiger partial charge >= 0.3 is 5.97 Å². The molecule has 1 aromatic heterocycles. The summed E-state index contributed by atoms with van der Waals surface area (Å²) in [6.07, 6.45) is 3.20. The van der Waals surface area contributed by atoms with E-state index in [1.165, 1.54) is 0 Å². The summed E-state index contributed by atoms with van der Waals surface area (Å²) in [6, 6.07) is 2.93. The maximum Gasteiger partial charge on any atom is 0.308 e. The number of hydrogen-bond donors (Lipinski definition) is 3. The predicted molar refractivity (Wildman–Crippen MR) is 79.1 cm³/mol. The van der Waals surface area contributed by atoms with Gasteiger partial charge in [0.1, 0.15) is 5.82 Å². The lowest BCUT2D eigenvalue weighted by atomic mass is 9.98. The van der Waals surface area contributed by atoms with Gasteiger partial charge in [0.25, 0.3) is 0 Å². The number of amides is 1. The van der Waals surface area contributed by atoms with Crippen LogP contribution in [0.15, 0.2) is 18.3 Å². The Balaban J connectivity index is 2.01. The van der Waals surface area contributed by atoms with E-state index in [0.717, 1.165) is 18.7 Å². The van der Waals surface area contributed by atoms with Crippen LogP contribution in [0.25, 0.3) is 0 Å². The fourth-order valence-electron chi connectivity index (χ4n) is 2.30. The van der Waals surface area contributed by atoms with Gasteiger partial charge in [-0.2, -0.15) is 0 Å². The van der Waals surface area contributed by atoms with Crippen LogP contribution in [0.1, 0.15) is 19.8 Å². The first kappa shape index (κ1) is 15.2. The lowest BCUT2D eigenvalue weighted by Crippen LogP contribution is -2.38. The van der Waals surface area contributed by atoms with Gasteiger partial charge in [0.05, 0.1) is 23.8 Å². The molecule has 1 fully saturated rings. The van der Waals surface area contributed by atoms with Crippen molar-refractivity contribution in [2.24, 2.45) is 11.7 Å². The molecule has 2 rings (SSSR count). The zero-order valence-electron chi connectivity index (χ0n) is 12.0. The molecule has 7 nitrogen and oxygen atoms in total. The Hall–Kier alpha value is -2.15. The number of carbonyl (C=O) groups excluding carboxylic acids is 1. The van der Waals surface area contributed by atoms with Crippen LogP contribution in [0.2, 0.25) is 0 Å². The van der Waals surface area contributed by atoms with Gasteiger partial charge in [0.15, 0.2) is 0 Å². The first-order chi connectivity index (χ1) is 9.97. The summed E-state index contributed by atoms with van der Waals surface area (Å²) in [5.74, 6) is -0.947. The summed E-state index contributed by atoms with van der Waals surface area (Å²) in [7, 11) is 0. The summed E-state index contributed by atoms with van der Waals surface area (Å²) < 4.78 is 0. The number of pyridine rings is 1. The number of nitrogens with one attached hydrogen (secondary N) is 1. The van der Waals surface area contributed by atoms with Crippen molar-refractivity contribution in [3.8, 4) is 0 Å². The topological polar surface area (TPSA) is 109 Å². The maximum atomic E-state index is 11.5. The predicted octanol–water partition coefficient (Wildman–Crippen LogP) is 0.668. The van der Waals surface area contributed by atoms with Crippen LogP contribution >= 0.6 is 0 Å². The zero-order valence-corrected chi connectivity index (χ0v) is 12.0. The van der Waals surface area contributed by atoms with Crippen molar-refractivity contribution < 1.29 is 14.7 Å². The summed E-state index contributed by atoms with van der Waals surface area (Å²) >= 11 is 0. The quantitative estimate of drug-likeness (QED) is 0.752. The van der Waals surface area contributed by atoms with E-state index < -0.39 is 12.0 Å². The molecule has 114 valence electrons. The Morgan fingerprint density at radius 3 is 2.86 bits per heavy atom. The minimum absolute atomic E-state index is 0.292. The number of hydrogen-bond acceptors (Lipinski definition) is 5. The van der Waals surface area contributed by atoms with Gasteiger partial charge in [-0.1, -0.05) is 0 Å². The molecule has 1 amide bonds. The van der Waals surface area contributed by atoms with Crippen LogP contribution < -0.4 is 16.0 Å². The highest BCUT2D eigenvalue weighted by Crippen LogP contribution is 2.23. The summed E-state index contributed by atoms with van der Waals surface area (Å²) in [5, 5.41) is 11.7. The molecule has 1 saturated heterocycles. The Labute approximate surface area is 123 Å². The number of aliphatic carboxylic acids is 1. The largest absolute Gasteiger partial charge is 0.481 e. The van der Waals surface area contributed by atoms with Crippen LogP contribution in [-0.4, -0.2) is 41.1 Å². The minimum atomic E-state index is -0.756. The normalized spacial score (nSPS) is 19.9. The molecule has 21 heavy (non-hydrogen) atoms. The first-order valence-corrected chi connectivity index (χ1v) is 6.97. The van der Waals surface area contributed by atoms with Crippen LogP contribution in [0.5, 0.6) is 0 Å². The molecule has 0 bridgehead atoms. The van der Waals surface area contributed by atoms with Crippen molar-refractivity contribution in [3.05, 3.63) is 18.3 Å². The molecule has 0 aromatic carbocycles. The van der Waals surface area contributed by atoms with E-state index in [0.29, 0.717) is 18.8 Å². The number of carboxylic acid groups (broad SMARTS) is 1. The van der Waals surface area contributed by atoms with Gasteiger partial charge in [-0.15, -0.1) is 0 Å². The van der Waals surface area contributed by atoms with Crippen LogP contribution in [0, 0.1) is 5.92 Å². The zero-order chi connectivity index (χ0) is 15.4. The molecule has 7 heteroatoms. The molecule has 1 aromatic rings. The molecular weight excluding hydrogens is 272 g/mol. The standard InChI is InChI=1S/C14H20N4O3/c1-9(15)13(19)17-12-5-4-11(7-16-12)18-6-2-3-10(8-18)14(20)21/h4-5,7,9-10H,2-3,6,8,15H2,1H3,(H,20,21)(H,16,17,19). The van der Waals surface area contributed by atoms with E-state index >= 15 is 0 Å². The van der Waals surface area contributed by atoms with E-state index in [9.17, 15) is 9.59 Å². The third-order valence-electron chi connectivity index (χ3n) is 3.55. The number of rotatable bonds is 4. The molecule has 0 radical (unpaired) electrons. The molecule has 1 aliphatic rings. The number of anilines is 2. The van der Waals surface area contributed by atoms with Crippen LogP contribution in [-0.2, 0) is 9.59 Å². The fourth-order valence-corrected chi connectivity index (χ4v) is 2.30. The average Bonchev–Trinajstić information content (AvgIpc) is 2.48. The second kappa shape index (κ2) is 6.53. The van der Waals surface area contributed by atoms with Gasteiger partial charge in [0.2, 0.25) is 5.91 Å². The first-order valence-electron chi connectivity index (χ1n) is 6.97. The van der Waals surface area contributed by atoms with E-state index in [1.54, 1.807) is 19.2 Å². The van der Waals surface area contributed by atoms with Gasteiger partial charge < -0.3 is 21.1 Å². The maximum absolute atomic E-state index is 11.5. The second-order valence-corrected chi connectivity index (χ2v) is 5.30. The van der Waals surface area contributed by atoms with Gasteiger partial charge in [-0.3, -0.25) is 9.59 Å². The summed E-state index contributed by atoms with van der Waals surface area (Å²) in [5.41, 5.74) is 6.33. The Morgan fingerprint density at radius 1 is 1.52 bits per heavy atom. The fraction of sp³-hybridized carbons (Fsp3) is 0.500. The van der Waals surface area contributed by atoms with Crippen LogP contribution in [0.3, 0.4) is 0 Å². The Bertz CT molecular complexity index is 515. The number of nitrogens with two attached hydrogens (primary N) is 1.